The van der Waals surface area contributed by atoms with Gasteiger partial charge in [-0.3, -0.25) is 0 Å². The summed E-state index contributed by atoms with van der Waals surface area (Å²) in [6.45, 7) is 2.04. The first kappa shape index (κ1) is 14.6. The number of anilines is 2. The Bertz CT molecular complexity index is 614. The van der Waals surface area contributed by atoms with Gasteiger partial charge in [0.1, 0.15) is 5.75 Å². The van der Waals surface area contributed by atoms with Crippen molar-refractivity contribution in [1.82, 2.24) is 0 Å². The fourth-order valence-electron chi connectivity index (χ4n) is 1.70. The standard InChI is InChI=1S/C15H15ClN2OS/c1-10-3-6-12(7-4-10)17-15(20)18-13-9-11(16)5-8-14(13)19-2/h3-9H,1-2H3,(H2,17,18,20). The Hall–Kier alpha value is -1.78. The lowest BCUT2D eigenvalue weighted by Gasteiger charge is -2.13. The Morgan fingerprint density at radius 3 is 2.45 bits per heavy atom. The number of methoxy groups -OCH3 is 1. The van der Waals surface area contributed by atoms with Crippen molar-refractivity contribution < 1.29 is 4.74 Å². The topological polar surface area (TPSA) is 33.3 Å². The van der Waals surface area contributed by atoms with Crippen LogP contribution >= 0.6 is 23.8 Å². The van der Waals surface area contributed by atoms with Gasteiger partial charge in [0.25, 0.3) is 0 Å². The second-order valence-electron chi connectivity index (χ2n) is 4.29. The largest absolute Gasteiger partial charge is 0.495 e. The van der Waals surface area contributed by atoms with E-state index in [1.807, 2.05) is 31.2 Å². The molecule has 5 heteroatoms. The number of halogens is 1. The third kappa shape index (κ3) is 3.85. The van der Waals surface area contributed by atoms with Crippen LogP contribution in [-0.2, 0) is 0 Å². The summed E-state index contributed by atoms with van der Waals surface area (Å²) in [7, 11) is 1.60. The van der Waals surface area contributed by atoms with E-state index in [-0.39, 0.29) is 0 Å². The zero-order valence-corrected chi connectivity index (χ0v) is 12.8. The van der Waals surface area contributed by atoms with Crippen LogP contribution in [0.2, 0.25) is 5.02 Å². The smallest absolute Gasteiger partial charge is 0.175 e. The summed E-state index contributed by atoms with van der Waals surface area (Å²) < 4.78 is 5.26. The molecule has 0 saturated carbocycles. The minimum Gasteiger partial charge on any atom is -0.495 e. The van der Waals surface area contributed by atoms with Crippen LogP contribution < -0.4 is 15.4 Å². The molecule has 0 aliphatic heterocycles. The van der Waals surface area contributed by atoms with Gasteiger partial charge in [-0.1, -0.05) is 29.3 Å². The van der Waals surface area contributed by atoms with Gasteiger partial charge in [-0.25, -0.2) is 0 Å². The Labute approximate surface area is 128 Å². The molecular formula is C15H15ClN2OS. The highest BCUT2D eigenvalue weighted by Crippen LogP contribution is 2.27. The molecule has 0 fully saturated rings. The number of rotatable bonds is 3. The number of nitrogens with one attached hydrogen (secondary N) is 2. The molecular weight excluding hydrogens is 292 g/mol. The highest BCUT2D eigenvalue weighted by molar-refractivity contribution is 7.80. The van der Waals surface area contributed by atoms with Crippen molar-refractivity contribution in [2.24, 2.45) is 0 Å². The minimum absolute atomic E-state index is 0.481. The first-order valence-corrected chi connectivity index (χ1v) is 6.85. The molecule has 0 saturated heterocycles. The van der Waals surface area contributed by atoms with Crippen molar-refractivity contribution >= 4 is 40.3 Å². The van der Waals surface area contributed by atoms with Gasteiger partial charge in [-0.05, 0) is 49.5 Å². The van der Waals surface area contributed by atoms with E-state index in [0.717, 1.165) is 11.4 Å². The first-order valence-electron chi connectivity index (χ1n) is 6.06. The molecule has 0 aromatic heterocycles. The van der Waals surface area contributed by atoms with Gasteiger partial charge in [-0.15, -0.1) is 0 Å². The summed E-state index contributed by atoms with van der Waals surface area (Å²) >= 11 is 11.3. The molecule has 2 aromatic carbocycles. The number of aryl methyl sites for hydroxylation is 1. The molecule has 0 aliphatic rings. The van der Waals surface area contributed by atoms with E-state index >= 15 is 0 Å². The van der Waals surface area contributed by atoms with Gasteiger partial charge in [0.15, 0.2) is 5.11 Å². The van der Waals surface area contributed by atoms with E-state index in [4.69, 9.17) is 28.6 Å². The molecule has 2 aromatic rings. The van der Waals surface area contributed by atoms with Gasteiger partial charge >= 0.3 is 0 Å². The predicted octanol–water partition coefficient (Wildman–Crippen LogP) is 4.47. The molecule has 0 radical (unpaired) electrons. The molecule has 2 N–H and O–H groups in total. The van der Waals surface area contributed by atoms with Crippen molar-refractivity contribution in [2.45, 2.75) is 6.92 Å². The maximum atomic E-state index is 5.98. The normalized spacial score (nSPS) is 9.95. The van der Waals surface area contributed by atoms with Crippen LogP contribution in [0.5, 0.6) is 5.75 Å². The van der Waals surface area contributed by atoms with Crippen molar-refractivity contribution in [2.75, 3.05) is 17.7 Å². The zero-order valence-electron chi connectivity index (χ0n) is 11.2. The van der Waals surface area contributed by atoms with Crippen LogP contribution in [0.4, 0.5) is 11.4 Å². The third-order valence-electron chi connectivity index (χ3n) is 2.72. The maximum Gasteiger partial charge on any atom is 0.175 e. The summed E-state index contributed by atoms with van der Waals surface area (Å²) in [4.78, 5) is 0. The lowest BCUT2D eigenvalue weighted by Crippen LogP contribution is -2.19. The number of ether oxygens (including phenoxy) is 1. The van der Waals surface area contributed by atoms with Gasteiger partial charge in [-0.2, -0.15) is 0 Å². The number of hydrogen-bond acceptors (Lipinski definition) is 2. The lowest BCUT2D eigenvalue weighted by atomic mass is 10.2. The molecule has 0 atom stereocenters. The predicted molar refractivity (Wildman–Crippen MR) is 89.0 cm³/mol. The van der Waals surface area contributed by atoms with E-state index in [0.29, 0.717) is 15.9 Å². The Balaban J connectivity index is 2.08. The molecule has 3 nitrogen and oxygen atoms in total. The van der Waals surface area contributed by atoms with E-state index in [9.17, 15) is 0 Å². The second kappa shape index (κ2) is 6.59. The average Bonchev–Trinajstić information content (AvgIpc) is 2.41. The lowest BCUT2D eigenvalue weighted by molar-refractivity contribution is 0.417. The SMILES string of the molecule is COc1ccc(Cl)cc1NC(=S)Nc1ccc(C)cc1. The van der Waals surface area contributed by atoms with Crippen LogP contribution in [0, 0.1) is 6.92 Å². The fourth-order valence-corrected chi connectivity index (χ4v) is 2.10. The number of benzene rings is 2. The summed E-state index contributed by atoms with van der Waals surface area (Å²) in [5, 5.41) is 7.28. The van der Waals surface area contributed by atoms with Gasteiger partial charge in [0, 0.05) is 10.7 Å². The quantitative estimate of drug-likeness (QED) is 0.820. The summed E-state index contributed by atoms with van der Waals surface area (Å²) in [6.07, 6.45) is 0. The average molecular weight is 307 g/mol. The van der Waals surface area contributed by atoms with Crippen LogP contribution in [0.15, 0.2) is 42.5 Å². The van der Waals surface area contributed by atoms with Gasteiger partial charge < -0.3 is 15.4 Å². The van der Waals surface area contributed by atoms with Crippen molar-refractivity contribution in [3.8, 4) is 5.75 Å². The van der Waals surface area contributed by atoms with Gasteiger partial charge in [0.05, 0.1) is 12.8 Å². The molecule has 0 heterocycles. The Morgan fingerprint density at radius 1 is 1.10 bits per heavy atom. The highest BCUT2D eigenvalue weighted by Gasteiger charge is 2.06. The third-order valence-corrected chi connectivity index (χ3v) is 3.16. The second-order valence-corrected chi connectivity index (χ2v) is 5.13. The maximum absolute atomic E-state index is 5.98. The Kier molecular flexibility index (Phi) is 4.82. The highest BCUT2D eigenvalue weighted by atomic mass is 35.5. The molecule has 0 aliphatic carbocycles. The van der Waals surface area contributed by atoms with Crippen LogP contribution in [-0.4, -0.2) is 12.2 Å². The monoisotopic (exact) mass is 306 g/mol. The van der Waals surface area contributed by atoms with Crippen LogP contribution in [0.3, 0.4) is 0 Å². The molecule has 0 spiro atoms. The molecule has 0 bridgehead atoms. The summed E-state index contributed by atoms with van der Waals surface area (Å²) in [5.41, 5.74) is 2.85. The van der Waals surface area contributed by atoms with E-state index in [1.54, 1.807) is 25.3 Å². The van der Waals surface area contributed by atoms with E-state index in [1.165, 1.54) is 5.56 Å². The van der Waals surface area contributed by atoms with Crippen molar-refractivity contribution in [3.63, 3.8) is 0 Å². The molecule has 104 valence electrons. The Morgan fingerprint density at radius 2 is 1.80 bits per heavy atom. The van der Waals surface area contributed by atoms with Gasteiger partial charge in [0.2, 0.25) is 0 Å². The zero-order chi connectivity index (χ0) is 14.5. The molecule has 20 heavy (non-hydrogen) atoms. The first-order chi connectivity index (χ1) is 9.58. The number of hydrogen-bond donors (Lipinski definition) is 2. The minimum atomic E-state index is 0.481. The molecule has 2 rings (SSSR count). The van der Waals surface area contributed by atoms with Crippen molar-refractivity contribution in [1.29, 1.82) is 0 Å². The molecule has 0 amide bonds. The summed E-state index contributed by atoms with van der Waals surface area (Å²) in [6, 6.07) is 13.3. The fraction of sp³-hybridized carbons (Fsp3) is 0.133. The van der Waals surface area contributed by atoms with E-state index < -0.39 is 0 Å². The van der Waals surface area contributed by atoms with E-state index in [2.05, 4.69) is 10.6 Å². The van der Waals surface area contributed by atoms with Crippen LogP contribution in [0.1, 0.15) is 5.56 Å². The molecule has 0 unspecified atom stereocenters. The van der Waals surface area contributed by atoms with Crippen molar-refractivity contribution in [3.05, 3.63) is 53.1 Å². The summed E-state index contributed by atoms with van der Waals surface area (Å²) in [5.74, 6) is 0.683. The number of thiocarbonyl (C=S) groups is 1. The van der Waals surface area contributed by atoms with Crippen LogP contribution in [0.25, 0.3) is 0 Å².